The van der Waals surface area contributed by atoms with E-state index in [1.165, 1.54) is 18.2 Å². The lowest BCUT2D eigenvalue weighted by Gasteiger charge is -2.07. The first kappa shape index (κ1) is 17.3. The Morgan fingerprint density at radius 1 is 0.923 bits per heavy atom. The molecule has 3 aromatic rings. The van der Waals surface area contributed by atoms with Crippen LogP contribution in [0, 0.1) is 10.1 Å². The van der Waals surface area contributed by atoms with E-state index >= 15 is 0 Å². The van der Waals surface area contributed by atoms with Crippen molar-refractivity contribution in [2.75, 3.05) is 6.61 Å². The zero-order chi connectivity index (χ0) is 18.5. The van der Waals surface area contributed by atoms with Crippen molar-refractivity contribution in [3.05, 3.63) is 88.0 Å². The molecule has 0 N–H and O–H groups in total. The third-order valence-corrected chi connectivity index (χ3v) is 3.98. The minimum atomic E-state index is -0.687. The van der Waals surface area contributed by atoms with Gasteiger partial charge < -0.3 is 4.74 Å². The average molecular weight is 349 g/mol. The molecule has 3 aromatic carbocycles. The molecule has 0 heterocycles. The number of carbonyl (C=O) groups is 2. The Morgan fingerprint density at radius 2 is 1.62 bits per heavy atom. The molecule has 6 heteroatoms. The van der Waals surface area contributed by atoms with Crippen LogP contribution >= 0.6 is 0 Å². The molecule has 0 saturated carbocycles. The van der Waals surface area contributed by atoms with Gasteiger partial charge in [0, 0.05) is 17.2 Å². The van der Waals surface area contributed by atoms with E-state index in [1.807, 2.05) is 30.3 Å². The topological polar surface area (TPSA) is 86.5 Å². The second kappa shape index (κ2) is 7.57. The minimum absolute atomic E-state index is 0.148. The molecule has 0 radical (unpaired) electrons. The van der Waals surface area contributed by atoms with Gasteiger partial charge in [-0.15, -0.1) is 0 Å². The Hall–Kier alpha value is -3.54. The second-order valence-electron chi connectivity index (χ2n) is 5.67. The van der Waals surface area contributed by atoms with Crippen molar-refractivity contribution in [1.29, 1.82) is 0 Å². The number of nitro groups is 1. The van der Waals surface area contributed by atoms with E-state index in [9.17, 15) is 19.7 Å². The smallest absolute Gasteiger partial charge is 0.310 e. The van der Waals surface area contributed by atoms with Crippen LogP contribution in [0.2, 0.25) is 0 Å². The summed E-state index contributed by atoms with van der Waals surface area (Å²) in [7, 11) is 0. The Morgan fingerprint density at radius 3 is 2.42 bits per heavy atom. The number of carbonyl (C=O) groups excluding carboxylic acids is 2. The summed E-state index contributed by atoms with van der Waals surface area (Å²) in [4.78, 5) is 34.8. The first-order valence-corrected chi connectivity index (χ1v) is 7.95. The Labute approximate surface area is 149 Å². The van der Waals surface area contributed by atoms with E-state index in [0.29, 0.717) is 5.56 Å². The van der Waals surface area contributed by atoms with E-state index in [2.05, 4.69) is 0 Å². The normalized spacial score (nSPS) is 10.5. The van der Waals surface area contributed by atoms with Crippen LogP contribution in [-0.2, 0) is 16.0 Å². The highest BCUT2D eigenvalue weighted by molar-refractivity contribution is 6.09. The highest BCUT2D eigenvalue weighted by Gasteiger charge is 2.18. The Kier molecular flexibility index (Phi) is 5.03. The van der Waals surface area contributed by atoms with Gasteiger partial charge in [-0.2, -0.15) is 0 Å². The van der Waals surface area contributed by atoms with E-state index in [0.717, 1.165) is 10.8 Å². The molecule has 0 spiro atoms. The van der Waals surface area contributed by atoms with Crippen LogP contribution in [-0.4, -0.2) is 23.3 Å². The number of benzene rings is 3. The highest BCUT2D eigenvalue weighted by atomic mass is 16.6. The summed E-state index contributed by atoms with van der Waals surface area (Å²) < 4.78 is 5.03. The van der Waals surface area contributed by atoms with Gasteiger partial charge in [0.05, 0.1) is 11.3 Å². The lowest BCUT2D eigenvalue weighted by molar-refractivity contribution is -0.385. The van der Waals surface area contributed by atoms with Crippen molar-refractivity contribution in [1.82, 2.24) is 0 Å². The molecule has 0 aliphatic carbocycles. The van der Waals surface area contributed by atoms with Crippen molar-refractivity contribution >= 4 is 28.2 Å². The van der Waals surface area contributed by atoms with E-state index in [1.54, 1.807) is 18.2 Å². The largest absolute Gasteiger partial charge is 0.457 e. The molecule has 0 bridgehead atoms. The van der Waals surface area contributed by atoms with E-state index < -0.39 is 17.5 Å². The van der Waals surface area contributed by atoms with Crippen LogP contribution in [0.1, 0.15) is 15.9 Å². The number of hydrogen-bond acceptors (Lipinski definition) is 5. The summed E-state index contributed by atoms with van der Waals surface area (Å²) in [5.41, 5.74) is 0.575. The number of para-hydroxylation sites is 1. The summed E-state index contributed by atoms with van der Waals surface area (Å²) in [6, 6.07) is 18.7. The van der Waals surface area contributed by atoms with Crippen LogP contribution in [0.3, 0.4) is 0 Å². The lowest BCUT2D eigenvalue weighted by Crippen LogP contribution is -2.16. The van der Waals surface area contributed by atoms with Gasteiger partial charge in [0.25, 0.3) is 5.69 Å². The van der Waals surface area contributed by atoms with Gasteiger partial charge in [0.2, 0.25) is 5.78 Å². The SMILES string of the molecule is O=C(Cc1ccccc1[N+](=O)[O-])OCC(=O)c1cccc2ccccc12. The predicted octanol–water partition coefficient (Wildman–Crippen LogP) is 3.72. The summed E-state index contributed by atoms with van der Waals surface area (Å²) in [5, 5.41) is 12.7. The van der Waals surface area contributed by atoms with Crippen LogP contribution in [0.15, 0.2) is 66.7 Å². The van der Waals surface area contributed by atoms with Gasteiger partial charge in [-0.1, -0.05) is 60.7 Å². The molecule has 6 nitrogen and oxygen atoms in total. The van der Waals surface area contributed by atoms with Crippen LogP contribution in [0.25, 0.3) is 10.8 Å². The van der Waals surface area contributed by atoms with E-state index in [4.69, 9.17) is 4.74 Å². The van der Waals surface area contributed by atoms with Crippen LogP contribution in [0.4, 0.5) is 5.69 Å². The van der Waals surface area contributed by atoms with Gasteiger partial charge in [0.15, 0.2) is 6.61 Å². The number of fused-ring (bicyclic) bond motifs is 1. The summed E-state index contributed by atoms with van der Waals surface area (Å²) in [6.45, 7) is -0.409. The standard InChI is InChI=1S/C20H15NO5/c22-19(17-10-5-8-14-6-1-3-9-16(14)17)13-26-20(23)12-15-7-2-4-11-18(15)21(24)25/h1-11H,12-13H2. The fourth-order valence-corrected chi connectivity index (χ4v) is 2.74. The number of ketones is 1. The maximum absolute atomic E-state index is 12.4. The number of esters is 1. The third-order valence-electron chi connectivity index (χ3n) is 3.98. The zero-order valence-corrected chi connectivity index (χ0v) is 13.8. The number of nitrogens with zero attached hydrogens (tertiary/aromatic N) is 1. The maximum atomic E-state index is 12.4. The number of hydrogen-bond donors (Lipinski definition) is 0. The van der Waals surface area contributed by atoms with Crippen LogP contribution < -0.4 is 0 Å². The summed E-state index contributed by atoms with van der Waals surface area (Å²) >= 11 is 0. The lowest BCUT2D eigenvalue weighted by atomic mass is 10.0. The second-order valence-corrected chi connectivity index (χ2v) is 5.67. The molecule has 0 saturated heterocycles. The molecule has 0 unspecified atom stereocenters. The fraction of sp³-hybridized carbons (Fsp3) is 0.100. The summed E-state index contributed by atoms with van der Waals surface area (Å²) in [5.74, 6) is -1.01. The van der Waals surface area contributed by atoms with Crippen molar-refractivity contribution in [3.63, 3.8) is 0 Å². The van der Waals surface area contributed by atoms with Gasteiger partial charge in [0.1, 0.15) is 0 Å². The van der Waals surface area contributed by atoms with Crippen LogP contribution in [0.5, 0.6) is 0 Å². The molecular weight excluding hydrogens is 334 g/mol. The monoisotopic (exact) mass is 349 g/mol. The number of nitro benzene ring substituents is 1. The molecule has 0 aliphatic heterocycles. The first-order chi connectivity index (χ1) is 12.6. The summed E-state index contributed by atoms with van der Waals surface area (Å²) in [6.07, 6.45) is -0.264. The molecule has 0 aromatic heterocycles. The molecule has 130 valence electrons. The molecule has 0 amide bonds. The third kappa shape index (κ3) is 3.75. The van der Waals surface area contributed by atoms with Gasteiger partial charge in [-0.05, 0) is 10.8 Å². The van der Waals surface area contributed by atoms with Gasteiger partial charge in [-0.25, -0.2) is 0 Å². The molecule has 3 rings (SSSR count). The minimum Gasteiger partial charge on any atom is -0.457 e. The van der Waals surface area contributed by atoms with Gasteiger partial charge in [-0.3, -0.25) is 19.7 Å². The van der Waals surface area contributed by atoms with Gasteiger partial charge >= 0.3 is 5.97 Å². The Balaban J connectivity index is 1.68. The number of Topliss-reactive ketones (excluding diaryl/α,β-unsaturated/α-hetero) is 1. The average Bonchev–Trinajstić information content (AvgIpc) is 2.66. The Bertz CT molecular complexity index is 991. The fourth-order valence-electron chi connectivity index (χ4n) is 2.74. The van der Waals surface area contributed by atoms with Crippen molar-refractivity contribution in [3.8, 4) is 0 Å². The quantitative estimate of drug-likeness (QED) is 0.293. The maximum Gasteiger partial charge on any atom is 0.310 e. The van der Waals surface area contributed by atoms with E-state index in [-0.39, 0.29) is 23.5 Å². The zero-order valence-electron chi connectivity index (χ0n) is 13.8. The molecular formula is C20H15NO5. The molecule has 26 heavy (non-hydrogen) atoms. The highest BCUT2D eigenvalue weighted by Crippen LogP contribution is 2.20. The molecule has 0 fully saturated rings. The first-order valence-electron chi connectivity index (χ1n) is 7.95. The molecule has 0 atom stereocenters. The van der Waals surface area contributed by atoms with Crippen molar-refractivity contribution in [2.24, 2.45) is 0 Å². The van der Waals surface area contributed by atoms with Crippen molar-refractivity contribution in [2.45, 2.75) is 6.42 Å². The molecule has 0 aliphatic rings. The van der Waals surface area contributed by atoms with Crippen molar-refractivity contribution < 1.29 is 19.2 Å². The number of rotatable bonds is 6. The number of ether oxygens (including phenoxy) is 1. The predicted molar refractivity (Wildman–Crippen MR) is 96.0 cm³/mol.